The molecule has 5 nitrogen and oxygen atoms in total. The van der Waals surface area contributed by atoms with Crippen molar-refractivity contribution in [2.75, 3.05) is 5.32 Å². The van der Waals surface area contributed by atoms with E-state index in [9.17, 15) is 27.6 Å². The standard InChI is InChI=1S/C18H13F3N2O3/c19-18(20,21)11-6-4-5-10(9-11)13-14(17(26)23-15(13)24)16(25)22-12-7-2-1-3-8-12/h1-9,13-14H,(H,22,25)(H,23,24,26)/t13-,14+/m0/s1. The number of para-hydroxylation sites is 1. The molecule has 0 bridgehead atoms. The van der Waals surface area contributed by atoms with Crippen LogP contribution in [-0.4, -0.2) is 17.7 Å². The molecule has 2 aromatic rings. The molecule has 0 unspecified atom stereocenters. The normalized spacial score (nSPS) is 20.0. The van der Waals surface area contributed by atoms with Gasteiger partial charge in [-0.1, -0.05) is 36.4 Å². The summed E-state index contributed by atoms with van der Waals surface area (Å²) in [4.78, 5) is 36.7. The summed E-state index contributed by atoms with van der Waals surface area (Å²) in [6.07, 6.45) is -4.60. The molecule has 8 heteroatoms. The van der Waals surface area contributed by atoms with Gasteiger partial charge in [0.05, 0.1) is 11.5 Å². The van der Waals surface area contributed by atoms with Crippen LogP contribution in [0.15, 0.2) is 54.6 Å². The van der Waals surface area contributed by atoms with E-state index in [4.69, 9.17) is 0 Å². The van der Waals surface area contributed by atoms with Gasteiger partial charge in [0.1, 0.15) is 5.92 Å². The van der Waals surface area contributed by atoms with Gasteiger partial charge in [0, 0.05) is 5.69 Å². The topological polar surface area (TPSA) is 75.3 Å². The molecular weight excluding hydrogens is 349 g/mol. The third-order valence-electron chi connectivity index (χ3n) is 4.04. The van der Waals surface area contributed by atoms with E-state index in [-0.39, 0.29) is 5.56 Å². The van der Waals surface area contributed by atoms with Gasteiger partial charge in [0.25, 0.3) is 0 Å². The lowest BCUT2D eigenvalue weighted by atomic mass is 9.86. The summed E-state index contributed by atoms with van der Waals surface area (Å²) in [6.45, 7) is 0. The fourth-order valence-electron chi connectivity index (χ4n) is 2.84. The van der Waals surface area contributed by atoms with E-state index < -0.39 is 41.3 Å². The highest BCUT2D eigenvalue weighted by Gasteiger charge is 2.47. The highest BCUT2D eigenvalue weighted by Crippen LogP contribution is 2.35. The van der Waals surface area contributed by atoms with Crippen LogP contribution in [0.4, 0.5) is 18.9 Å². The van der Waals surface area contributed by atoms with Gasteiger partial charge in [0.15, 0.2) is 0 Å². The van der Waals surface area contributed by atoms with Gasteiger partial charge >= 0.3 is 6.18 Å². The Bertz CT molecular complexity index is 865. The highest BCUT2D eigenvalue weighted by atomic mass is 19.4. The molecule has 0 saturated carbocycles. The number of alkyl halides is 3. The zero-order valence-corrected chi connectivity index (χ0v) is 13.2. The summed E-state index contributed by atoms with van der Waals surface area (Å²) in [7, 11) is 0. The van der Waals surface area contributed by atoms with Crippen LogP contribution in [0, 0.1) is 5.92 Å². The van der Waals surface area contributed by atoms with E-state index in [2.05, 4.69) is 5.32 Å². The SMILES string of the molecule is O=C1NC(=O)[C@@H](c2cccc(C(F)(F)F)c2)[C@@H]1C(=O)Nc1ccccc1. The summed E-state index contributed by atoms with van der Waals surface area (Å²) in [5.41, 5.74) is -0.590. The molecule has 1 saturated heterocycles. The monoisotopic (exact) mass is 362 g/mol. The Morgan fingerprint density at radius 1 is 0.962 bits per heavy atom. The number of rotatable bonds is 3. The maximum atomic E-state index is 12.9. The van der Waals surface area contributed by atoms with Crippen LogP contribution >= 0.6 is 0 Å². The van der Waals surface area contributed by atoms with Gasteiger partial charge in [-0.25, -0.2) is 0 Å². The molecule has 0 spiro atoms. The van der Waals surface area contributed by atoms with Crippen LogP contribution in [0.1, 0.15) is 17.0 Å². The highest BCUT2D eigenvalue weighted by molar-refractivity contribution is 6.19. The number of halogens is 3. The first-order valence-electron chi connectivity index (χ1n) is 7.65. The summed E-state index contributed by atoms with van der Waals surface area (Å²) < 4.78 is 38.8. The van der Waals surface area contributed by atoms with Gasteiger partial charge in [-0.15, -0.1) is 0 Å². The molecule has 26 heavy (non-hydrogen) atoms. The number of nitrogens with one attached hydrogen (secondary N) is 2. The van der Waals surface area contributed by atoms with Crippen molar-refractivity contribution < 1.29 is 27.6 Å². The van der Waals surface area contributed by atoms with Crippen LogP contribution in [0.2, 0.25) is 0 Å². The van der Waals surface area contributed by atoms with E-state index in [0.29, 0.717) is 5.69 Å². The van der Waals surface area contributed by atoms with E-state index in [1.807, 2.05) is 5.32 Å². The van der Waals surface area contributed by atoms with Crippen molar-refractivity contribution in [3.05, 3.63) is 65.7 Å². The van der Waals surface area contributed by atoms with Gasteiger partial charge in [0.2, 0.25) is 17.7 Å². The number of hydrogen-bond acceptors (Lipinski definition) is 3. The molecule has 2 atom stereocenters. The number of imide groups is 1. The van der Waals surface area contributed by atoms with Crippen molar-refractivity contribution in [1.29, 1.82) is 0 Å². The first-order chi connectivity index (χ1) is 12.3. The second-order valence-corrected chi connectivity index (χ2v) is 5.79. The molecule has 0 aromatic heterocycles. The molecule has 1 aliphatic heterocycles. The van der Waals surface area contributed by atoms with Crippen molar-refractivity contribution in [3.63, 3.8) is 0 Å². The van der Waals surface area contributed by atoms with E-state index in [1.165, 1.54) is 6.07 Å². The predicted octanol–water partition coefficient (Wildman–Crippen LogP) is 2.70. The lowest BCUT2D eigenvalue weighted by Crippen LogP contribution is -2.32. The first kappa shape index (κ1) is 17.7. The molecule has 134 valence electrons. The molecule has 0 radical (unpaired) electrons. The summed E-state index contributed by atoms with van der Waals surface area (Å²) in [6, 6.07) is 12.3. The van der Waals surface area contributed by atoms with Crippen LogP contribution in [0.3, 0.4) is 0 Å². The van der Waals surface area contributed by atoms with Crippen LogP contribution in [0.25, 0.3) is 0 Å². The van der Waals surface area contributed by atoms with Crippen molar-refractivity contribution in [2.24, 2.45) is 5.92 Å². The second kappa shape index (κ2) is 6.62. The predicted molar refractivity (Wildman–Crippen MR) is 85.9 cm³/mol. The molecule has 0 aliphatic carbocycles. The van der Waals surface area contributed by atoms with Crippen molar-refractivity contribution in [1.82, 2.24) is 5.32 Å². The molecule has 2 N–H and O–H groups in total. The quantitative estimate of drug-likeness (QED) is 0.651. The zero-order chi connectivity index (χ0) is 18.9. The molecule has 2 aromatic carbocycles. The molecule has 1 aliphatic rings. The average molecular weight is 362 g/mol. The Hall–Kier alpha value is -3.16. The minimum atomic E-state index is -4.60. The molecular formula is C18H13F3N2O3. The maximum Gasteiger partial charge on any atom is 0.416 e. The molecule has 1 fully saturated rings. The molecule has 1 heterocycles. The summed E-state index contributed by atoms with van der Waals surface area (Å²) >= 11 is 0. The summed E-state index contributed by atoms with van der Waals surface area (Å²) in [5, 5.41) is 4.53. The number of amides is 3. The zero-order valence-electron chi connectivity index (χ0n) is 13.2. The van der Waals surface area contributed by atoms with E-state index in [0.717, 1.165) is 18.2 Å². The third kappa shape index (κ3) is 3.44. The van der Waals surface area contributed by atoms with Gasteiger partial charge < -0.3 is 5.32 Å². The van der Waals surface area contributed by atoms with Crippen LogP contribution in [-0.2, 0) is 20.6 Å². The van der Waals surface area contributed by atoms with Crippen LogP contribution < -0.4 is 10.6 Å². The summed E-state index contributed by atoms with van der Waals surface area (Å²) in [5.74, 6) is -5.19. The minimum Gasteiger partial charge on any atom is -0.325 e. The number of carbonyl (C=O) groups excluding carboxylic acids is 3. The van der Waals surface area contributed by atoms with Crippen molar-refractivity contribution >= 4 is 23.4 Å². The van der Waals surface area contributed by atoms with E-state index in [1.54, 1.807) is 30.3 Å². The Labute approximate surface area is 146 Å². The maximum absolute atomic E-state index is 12.9. The number of carbonyl (C=O) groups is 3. The minimum absolute atomic E-state index is 0.0450. The Balaban J connectivity index is 1.93. The largest absolute Gasteiger partial charge is 0.416 e. The average Bonchev–Trinajstić information content (AvgIpc) is 2.89. The smallest absolute Gasteiger partial charge is 0.325 e. The third-order valence-corrected chi connectivity index (χ3v) is 4.04. The Kier molecular flexibility index (Phi) is 4.50. The Morgan fingerprint density at radius 3 is 2.31 bits per heavy atom. The van der Waals surface area contributed by atoms with Crippen molar-refractivity contribution in [2.45, 2.75) is 12.1 Å². The number of benzene rings is 2. The number of hydrogen-bond donors (Lipinski definition) is 2. The van der Waals surface area contributed by atoms with Gasteiger partial charge in [-0.2, -0.15) is 13.2 Å². The van der Waals surface area contributed by atoms with Crippen LogP contribution in [0.5, 0.6) is 0 Å². The first-order valence-corrected chi connectivity index (χ1v) is 7.65. The van der Waals surface area contributed by atoms with E-state index >= 15 is 0 Å². The molecule has 3 rings (SSSR count). The van der Waals surface area contributed by atoms with Gasteiger partial charge in [-0.05, 0) is 23.8 Å². The Morgan fingerprint density at radius 2 is 1.65 bits per heavy atom. The lowest BCUT2D eigenvalue weighted by molar-refractivity contribution is -0.137. The van der Waals surface area contributed by atoms with Gasteiger partial charge in [-0.3, -0.25) is 19.7 Å². The molecule has 3 amide bonds. The number of anilines is 1. The fourth-order valence-corrected chi connectivity index (χ4v) is 2.84. The fraction of sp³-hybridized carbons (Fsp3) is 0.167. The lowest BCUT2D eigenvalue weighted by Gasteiger charge is -2.17. The van der Waals surface area contributed by atoms with Crippen molar-refractivity contribution in [3.8, 4) is 0 Å². The second-order valence-electron chi connectivity index (χ2n) is 5.79.